The predicted molar refractivity (Wildman–Crippen MR) is 87.1 cm³/mol. The summed E-state index contributed by atoms with van der Waals surface area (Å²) in [6, 6.07) is 11.2. The number of hydrogen-bond donors (Lipinski definition) is 2. The topological polar surface area (TPSA) is 80.3 Å². The minimum Gasteiger partial charge on any atom is -0.468 e. The normalized spacial score (nSPS) is 10.0. The number of aromatic nitrogens is 1. The second kappa shape index (κ2) is 7.93. The number of carbonyl (C=O) groups is 2. The number of benzene rings is 1. The monoisotopic (exact) mass is 313 g/mol. The number of rotatable bonds is 6. The van der Waals surface area contributed by atoms with Gasteiger partial charge in [-0.2, -0.15) is 0 Å². The summed E-state index contributed by atoms with van der Waals surface area (Å²) in [5.41, 5.74) is 2.78. The van der Waals surface area contributed by atoms with Crippen LogP contribution in [0.15, 0.2) is 42.6 Å². The second-order valence-electron chi connectivity index (χ2n) is 5.12. The number of pyridine rings is 1. The maximum atomic E-state index is 11.7. The fourth-order valence-electron chi connectivity index (χ4n) is 1.84. The quantitative estimate of drug-likeness (QED) is 0.855. The van der Waals surface area contributed by atoms with Crippen molar-refractivity contribution in [3.05, 3.63) is 53.7 Å². The predicted octanol–water partition coefficient (Wildman–Crippen LogP) is 2.04. The van der Waals surface area contributed by atoms with E-state index in [0.29, 0.717) is 18.1 Å². The second-order valence-corrected chi connectivity index (χ2v) is 5.12. The van der Waals surface area contributed by atoms with Gasteiger partial charge in [-0.25, -0.2) is 4.98 Å². The van der Waals surface area contributed by atoms with E-state index in [0.717, 1.165) is 5.56 Å². The molecule has 2 N–H and O–H groups in total. The van der Waals surface area contributed by atoms with Gasteiger partial charge in [0.25, 0.3) is 5.91 Å². The Kier molecular flexibility index (Phi) is 5.68. The number of nitrogens with one attached hydrogen (secondary N) is 2. The van der Waals surface area contributed by atoms with Gasteiger partial charge in [-0.05, 0) is 18.6 Å². The number of ether oxygens (including phenoxy) is 1. The molecule has 1 heterocycles. The van der Waals surface area contributed by atoms with Crippen molar-refractivity contribution in [3.63, 3.8) is 0 Å². The molecule has 1 aromatic carbocycles. The van der Waals surface area contributed by atoms with Crippen LogP contribution in [0.5, 0.6) is 5.88 Å². The zero-order valence-corrected chi connectivity index (χ0v) is 13.1. The first kappa shape index (κ1) is 16.5. The van der Waals surface area contributed by atoms with Crippen LogP contribution >= 0.6 is 0 Å². The van der Waals surface area contributed by atoms with E-state index in [2.05, 4.69) is 15.6 Å². The van der Waals surface area contributed by atoms with Crippen molar-refractivity contribution in [1.82, 2.24) is 10.3 Å². The third-order valence-corrected chi connectivity index (χ3v) is 3.02. The van der Waals surface area contributed by atoms with Crippen LogP contribution in [0.4, 0.5) is 5.69 Å². The average Bonchev–Trinajstić information content (AvgIpc) is 2.53. The van der Waals surface area contributed by atoms with Crippen LogP contribution in [-0.4, -0.2) is 23.4 Å². The molecule has 2 aromatic rings. The Hall–Kier alpha value is -2.89. The standard InChI is InChI=1S/C17H19N3O3/c1-12-3-5-14(6-4-12)9-18-16(22)11-23-17-8-7-15(10-19-17)20-13(2)21/h3-8,10H,9,11H2,1-2H3,(H,18,22)(H,20,21). The highest BCUT2D eigenvalue weighted by Gasteiger charge is 2.04. The summed E-state index contributed by atoms with van der Waals surface area (Å²) in [6.45, 7) is 3.78. The molecule has 2 rings (SSSR count). The lowest BCUT2D eigenvalue weighted by atomic mass is 10.1. The van der Waals surface area contributed by atoms with E-state index in [4.69, 9.17) is 4.74 Å². The molecule has 0 aliphatic rings. The lowest BCUT2D eigenvalue weighted by molar-refractivity contribution is -0.123. The molecule has 120 valence electrons. The van der Waals surface area contributed by atoms with Gasteiger partial charge in [0, 0.05) is 19.5 Å². The molecule has 1 aromatic heterocycles. The van der Waals surface area contributed by atoms with Gasteiger partial charge in [-0.3, -0.25) is 9.59 Å². The maximum Gasteiger partial charge on any atom is 0.258 e. The molecule has 6 heteroatoms. The first-order valence-corrected chi connectivity index (χ1v) is 7.21. The lowest BCUT2D eigenvalue weighted by Crippen LogP contribution is -2.28. The summed E-state index contributed by atoms with van der Waals surface area (Å²) >= 11 is 0. The number of amides is 2. The summed E-state index contributed by atoms with van der Waals surface area (Å²) in [5.74, 6) is -0.0705. The number of anilines is 1. The number of nitrogens with zero attached hydrogens (tertiary/aromatic N) is 1. The summed E-state index contributed by atoms with van der Waals surface area (Å²) in [4.78, 5) is 26.7. The molecule has 0 atom stereocenters. The van der Waals surface area contributed by atoms with E-state index in [1.807, 2.05) is 31.2 Å². The van der Waals surface area contributed by atoms with Gasteiger partial charge in [-0.1, -0.05) is 29.8 Å². The fourth-order valence-corrected chi connectivity index (χ4v) is 1.84. The highest BCUT2D eigenvalue weighted by Crippen LogP contribution is 2.11. The zero-order valence-electron chi connectivity index (χ0n) is 13.1. The summed E-state index contributed by atoms with van der Waals surface area (Å²) < 4.78 is 5.30. The Morgan fingerprint density at radius 2 is 1.87 bits per heavy atom. The first-order chi connectivity index (χ1) is 11.0. The molecule has 0 saturated carbocycles. The number of carbonyl (C=O) groups excluding carboxylic acids is 2. The van der Waals surface area contributed by atoms with Crippen LogP contribution in [0, 0.1) is 6.92 Å². The van der Waals surface area contributed by atoms with Crippen molar-refractivity contribution >= 4 is 17.5 Å². The molecule has 6 nitrogen and oxygen atoms in total. The third kappa shape index (κ3) is 5.78. The Bertz CT molecular complexity index is 666. The largest absolute Gasteiger partial charge is 0.468 e. The van der Waals surface area contributed by atoms with Crippen molar-refractivity contribution in [2.45, 2.75) is 20.4 Å². The SMILES string of the molecule is CC(=O)Nc1ccc(OCC(=O)NCc2ccc(C)cc2)nc1. The lowest BCUT2D eigenvalue weighted by Gasteiger charge is -2.08. The molecule has 0 unspecified atom stereocenters. The molecule has 0 bridgehead atoms. The van der Waals surface area contributed by atoms with E-state index in [9.17, 15) is 9.59 Å². The molecule has 0 aliphatic heterocycles. The number of aryl methyl sites for hydroxylation is 1. The highest BCUT2D eigenvalue weighted by atomic mass is 16.5. The van der Waals surface area contributed by atoms with E-state index in [1.165, 1.54) is 18.7 Å². The third-order valence-electron chi connectivity index (χ3n) is 3.02. The smallest absolute Gasteiger partial charge is 0.258 e. The van der Waals surface area contributed by atoms with Crippen molar-refractivity contribution in [3.8, 4) is 5.88 Å². The van der Waals surface area contributed by atoms with Gasteiger partial charge < -0.3 is 15.4 Å². The van der Waals surface area contributed by atoms with Crippen molar-refractivity contribution in [2.75, 3.05) is 11.9 Å². The molecule has 0 aliphatic carbocycles. The van der Waals surface area contributed by atoms with E-state index >= 15 is 0 Å². The van der Waals surface area contributed by atoms with Crippen LogP contribution in [-0.2, 0) is 16.1 Å². The molecular formula is C17H19N3O3. The highest BCUT2D eigenvalue weighted by molar-refractivity contribution is 5.88. The Morgan fingerprint density at radius 3 is 2.48 bits per heavy atom. The molecule has 0 fully saturated rings. The van der Waals surface area contributed by atoms with Crippen molar-refractivity contribution < 1.29 is 14.3 Å². The van der Waals surface area contributed by atoms with E-state index in [1.54, 1.807) is 12.1 Å². The minimum absolute atomic E-state index is 0.113. The maximum absolute atomic E-state index is 11.7. The first-order valence-electron chi connectivity index (χ1n) is 7.21. The van der Waals surface area contributed by atoms with Gasteiger partial charge in [0.15, 0.2) is 6.61 Å². The molecule has 0 spiro atoms. The van der Waals surface area contributed by atoms with Gasteiger partial charge in [0.2, 0.25) is 11.8 Å². The summed E-state index contributed by atoms with van der Waals surface area (Å²) in [7, 11) is 0. The van der Waals surface area contributed by atoms with Crippen LogP contribution in [0.1, 0.15) is 18.1 Å². The molecule has 0 radical (unpaired) electrons. The number of hydrogen-bond acceptors (Lipinski definition) is 4. The van der Waals surface area contributed by atoms with Crippen LogP contribution < -0.4 is 15.4 Å². The van der Waals surface area contributed by atoms with Crippen molar-refractivity contribution in [2.24, 2.45) is 0 Å². The van der Waals surface area contributed by atoms with Gasteiger partial charge >= 0.3 is 0 Å². The van der Waals surface area contributed by atoms with Gasteiger partial charge in [-0.15, -0.1) is 0 Å². The molecule has 2 amide bonds. The average molecular weight is 313 g/mol. The Morgan fingerprint density at radius 1 is 1.13 bits per heavy atom. The van der Waals surface area contributed by atoms with Crippen LogP contribution in [0.3, 0.4) is 0 Å². The minimum atomic E-state index is -0.224. The van der Waals surface area contributed by atoms with Gasteiger partial charge in [0.05, 0.1) is 11.9 Å². The van der Waals surface area contributed by atoms with E-state index in [-0.39, 0.29) is 18.4 Å². The Labute approximate surface area is 134 Å². The summed E-state index contributed by atoms with van der Waals surface area (Å²) in [6.07, 6.45) is 1.47. The van der Waals surface area contributed by atoms with Crippen molar-refractivity contribution in [1.29, 1.82) is 0 Å². The Balaban J connectivity index is 1.75. The van der Waals surface area contributed by atoms with E-state index < -0.39 is 0 Å². The van der Waals surface area contributed by atoms with Crippen LogP contribution in [0.25, 0.3) is 0 Å². The van der Waals surface area contributed by atoms with Gasteiger partial charge in [0.1, 0.15) is 0 Å². The van der Waals surface area contributed by atoms with Crippen LogP contribution in [0.2, 0.25) is 0 Å². The molecule has 0 saturated heterocycles. The molecular weight excluding hydrogens is 294 g/mol. The summed E-state index contributed by atoms with van der Waals surface area (Å²) in [5, 5.41) is 5.38. The zero-order chi connectivity index (χ0) is 16.7. The fraction of sp³-hybridized carbons (Fsp3) is 0.235. The molecule has 23 heavy (non-hydrogen) atoms.